The van der Waals surface area contributed by atoms with Crippen LogP contribution in [-0.4, -0.2) is 57.6 Å². The van der Waals surface area contributed by atoms with Gasteiger partial charge in [0.25, 0.3) is 10.0 Å². The van der Waals surface area contributed by atoms with Crippen molar-refractivity contribution >= 4 is 33.4 Å². The first kappa shape index (κ1) is 21.6. The van der Waals surface area contributed by atoms with Crippen molar-refractivity contribution in [3.8, 4) is 11.5 Å². The summed E-state index contributed by atoms with van der Waals surface area (Å²) in [6, 6.07) is 4.08. The van der Waals surface area contributed by atoms with Gasteiger partial charge in [-0.15, -0.1) is 0 Å². The summed E-state index contributed by atoms with van der Waals surface area (Å²) in [7, 11) is -0.405. The number of halogens is 1. The minimum atomic E-state index is -3.68. The number of benzene rings is 1. The molecule has 0 saturated carbocycles. The first-order valence-electron chi connectivity index (χ1n) is 9.65. The van der Waals surface area contributed by atoms with Crippen molar-refractivity contribution in [2.75, 3.05) is 33.9 Å². The summed E-state index contributed by atoms with van der Waals surface area (Å²) in [5, 5.41) is 5.05. The summed E-state index contributed by atoms with van der Waals surface area (Å²) < 4.78 is 38.9. The van der Waals surface area contributed by atoms with Crippen molar-refractivity contribution in [2.24, 2.45) is 0 Å². The molecule has 1 aromatic rings. The minimum absolute atomic E-state index is 0.0864. The lowest BCUT2D eigenvalue weighted by Gasteiger charge is -2.29. The van der Waals surface area contributed by atoms with E-state index in [9.17, 15) is 8.42 Å². The summed E-state index contributed by atoms with van der Waals surface area (Å²) in [4.78, 5) is 3.96. The number of thioether (sulfide) groups is 1. The second-order valence-corrected chi connectivity index (χ2v) is 10.2. The van der Waals surface area contributed by atoms with E-state index in [1.807, 2.05) is 17.5 Å². The van der Waals surface area contributed by atoms with Crippen molar-refractivity contribution < 1.29 is 17.9 Å². The normalized spacial score (nSPS) is 20.9. The highest BCUT2D eigenvalue weighted by atomic mass is 35.5. The molecule has 8 nitrogen and oxygen atoms in total. The average Bonchev–Trinajstić information content (AvgIpc) is 3.29. The molecule has 3 aliphatic rings. The highest BCUT2D eigenvalue weighted by Crippen LogP contribution is 2.37. The maximum Gasteiger partial charge on any atom is 0.259 e. The molecule has 0 bridgehead atoms. The Morgan fingerprint density at radius 1 is 1.27 bits per heavy atom. The van der Waals surface area contributed by atoms with E-state index in [2.05, 4.69) is 14.9 Å². The van der Waals surface area contributed by atoms with Gasteiger partial charge >= 0.3 is 0 Å². The van der Waals surface area contributed by atoms with E-state index < -0.39 is 10.0 Å². The predicted octanol–water partition coefficient (Wildman–Crippen LogP) is 2.14. The first-order valence-corrected chi connectivity index (χ1v) is 12.5. The van der Waals surface area contributed by atoms with Crippen molar-refractivity contribution in [3.05, 3.63) is 45.1 Å². The summed E-state index contributed by atoms with van der Waals surface area (Å²) in [5.74, 6) is 1.48. The Balaban J connectivity index is 1.30. The second-order valence-electron chi connectivity index (χ2n) is 7.20. The van der Waals surface area contributed by atoms with Crippen LogP contribution in [0.3, 0.4) is 0 Å². The lowest BCUT2D eigenvalue weighted by atomic mass is 9.98. The van der Waals surface area contributed by atoms with Crippen molar-refractivity contribution in [1.82, 2.24) is 19.8 Å². The van der Waals surface area contributed by atoms with Gasteiger partial charge in [0.1, 0.15) is 5.16 Å². The van der Waals surface area contributed by atoms with Crippen LogP contribution in [0, 0.1) is 0 Å². The van der Waals surface area contributed by atoms with Crippen LogP contribution < -0.4 is 19.5 Å². The van der Waals surface area contributed by atoms with E-state index >= 15 is 0 Å². The van der Waals surface area contributed by atoms with Gasteiger partial charge in [-0.3, -0.25) is 4.90 Å². The number of methoxy groups -OCH3 is 2. The molecule has 3 aliphatic heterocycles. The third-order valence-electron chi connectivity index (χ3n) is 5.35. The zero-order chi connectivity index (χ0) is 21.3. The zero-order valence-electron chi connectivity index (χ0n) is 16.9. The van der Waals surface area contributed by atoms with Crippen LogP contribution >= 0.6 is 23.4 Å². The van der Waals surface area contributed by atoms with Crippen LogP contribution in [0.25, 0.3) is 0 Å². The standard InChI is InChI=1S/C19H25ClN4O4S2/c1-27-15-10-13-4-7-23(12-14(13)11-16(15)28-2)6-3-5-21-30(25,26)18-17(20)22-19-24(18)8-9-29-19/h8-11,19,21-22H,3-7,12H2,1-2H3. The molecule has 2 N–H and O–H groups in total. The fourth-order valence-electron chi connectivity index (χ4n) is 3.85. The lowest BCUT2D eigenvalue weighted by Crippen LogP contribution is -2.36. The summed E-state index contributed by atoms with van der Waals surface area (Å²) in [6.45, 7) is 2.87. The Labute approximate surface area is 186 Å². The zero-order valence-corrected chi connectivity index (χ0v) is 19.2. The summed E-state index contributed by atoms with van der Waals surface area (Å²) in [6.07, 6.45) is 3.35. The van der Waals surface area contributed by atoms with Crippen LogP contribution in [0.15, 0.2) is 33.9 Å². The van der Waals surface area contributed by atoms with E-state index in [1.54, 1.807) is 25.3 Å². The van der Waals surface area contributed by atoms with Crippen LogP contribution in [0.5, 0.6) is 11.5 Å². The quantitative estimate of drug-likeness (QED) is 0.440. The fourth-order valence-corrected chi connectivity index (χ4v) is 6.62. The fraction of sp³-hybridized carbons (Fsp3) is 0.474. The molecule has 0 radical (unpaired) electrons. The van der Waals surface area contributed by atoms with Gasteiger partial charge < -0.3 is 19.7 Å². The van der Waals surface area contributed by atoms with Gasteiger partial charge in [-0.2, -0.15) is 0 Å². The van der Waals surface area contributed by atoms with Gasteiger partial charge in [0, 0.05) is 25.8 Å². The van der Waals surface area contributed by atoms with Gasteiger partial charge in [-0.25, -0.2) is 13.1 Å². The van der Waals surface area contributed by atoms with E-state index in [0.29, 0.717) is 13.0 Å². The molecule has 0 amide bonds. The van der Waals surface area contributed by atoms with E-state index in [-0.39, 0.29) is 15.7 Å². The first-order chi connectivity index (χ1) is 14.4. The van der Waals surface area contributed by atoms with E-state index in [0.717, 1.165) is 37.6 Å². The van der Waals surface area contributed by atoms with E-state index in [4.69, 9.17) is 21.1 Å². The van der Waals surface area contributed by atoms with Crippen LogP contribution in [0.2, 0.25) is 0 Å². The molecule has 1 aromatic carbocycles. The predicted molar refractivity (Wildman–Crippen MR) is 118 cm³/mol. The molecule has 3 heterocycles. The van der Waals surface area contributed by atoms with Gasteiger partial charge in [0.05, 0.1) is 14.2 Å². The molecule has 164 valence electrons. The number of nitrogens with zero attached hydrogens (tertiary/aromatic N) is 2. The number of ether oxygens (including phenoxy) is 2. The van der Waals surface area contributed by atoms with Crippen LogP contribution in [0.4, 0.5) is 0 Å². The Hall–Kier alpha value is -1.59. The molecule has 0 aliphatic carbocycles. The summed E-state index contributed by atoms with van der Waals surface area (Å²) >= 11 is 7.60. The van der Waals surface area contributed by atoms with Crippen molar-refractivity contribution in [3.63, 3.8) is 0 Å². The smallest absolute Gasteiger partial charge is 0.259 e. The molecular formula is C19H25ClN4O4S2. The maximum atomic E-state index is 12.7. The maximum absolute atomic E-state index is 12.7. The Morgan fingerprint density at radius 2 is 2.00 bits per heavy atom. The lowest BCUT2D eigenvalue weighted by molar-refractivity contribution is 0.250. The molecule has 4 rings (SSSR count). The molecule has 0 fully saturated rings. The molecule has 0 spiro atoms. The molecule has 1 atom stereocenters. The summed E-state index contributed by atoms with van der Waals surface area (Å²) in [5.41, 5.74) is 2.30. The van der Waals surface area contributed by atoms with Crippen molar-refractivity contribution in [1.29, 1.82) is 0 Å². The van der Waals surface area contributed by atoms with Crippen molar-refractivity contribution in [2.45, 2.75) is 24.9 Å². The second kappa shape index (κ2) is 8.88. The molecule has 0 aromatic heterocycles. The number of hydrogen-bond donors (Lipinski definition) is 2. The molecule has 0 saturated heterocycles. The number of fused-ring (bicyclic) bond motifs is 2. The van der Waals surface area contributed by atoms with Crippen LogP contribution in [0.1, 0.15) is 17.5 Å². The Kier molecular flexibility index (Phi) is 6.40. The molecule has 1 unspecified atom stereocenters. The van der Waals surface area contributed by atoms with Gasteiger partial charge in [0.2, 0.25) is 0 Å². The van der Waals surface area contributed by atoms with Gasteiger partial charge in [-0.1, -0.05) is 23.4 Å². The number of sulfonamides is 1. The van der Waals surface area contributed by atoms with E-state index in [1.165, 1.54) is 22.9 Å². The molecule has 30 heavy (non-hydrogen) atoms. The third-order valence-corrected chi connectivity index (χ3v) is 8.14. The average molecular weight is 473 g/mol. The third kappa shape index (κ3) is 4.24. The van der Waals surface area contributed by atoms with Crippen LogP contribution in [-0.2, 0) is 23.0 Å². The Morgan fingerprint density at radius 3 is 2.73 bits per heavy atom. The highest BCUT2D eigenvalue weighted by molar-refractivity contribution is 8.03. The largest absolute Gasteiger partial charge is 0.493 e. The minimum Gasteiger partial charge on any atom is -0.493 e. The number of rotatable bonds is 8. The monoisotopic (exact) mass is 472 g/mol. The number of nitrogens with one attached hydrogen (secondary N) is 2. The number of hydrogen-bond acceptors (Lipinski definition) is 8. The Bertz CT molecular complexity index is 983. The SMILES string of the molecule is COc1cc2c(cc1OC)CN(CCCNS(=O)(=O)C1=C(Cl)NC3SC=CN13)CC2. The topological polar surface area (TPSA) is 83.1 Å². The molecule has 11 heteroatoms. The van der Waals surface area contributed by atoms with Gasteiger partial charge in [0.15, 0.2) is 22.0 Å². The highest BCUT2D eigenvalue weighted by Gasteiger charge is 2.39. The molecular weight excluding hydrogens is 448 g/mol. The van der Waals surface area contributed by atoms with Gasteiger partial charge in [-0.05, 0) is 48.1 Å².